The summed E-state index contributed by atoms with van der Waals surface area (Å²) >= 11 is 0. The first-order chi connectivity index (χ1) is 11.0. The molecule has 0 bridgehead atoms. The van der Waals surface area contributed by atoms with Gasteiger partial charge in [-0.25, -0.2) is 4.98 Å². The summed E-state index contributed by atoms with van der Waals surface area (Å²) in [7, 11) is 2.14. The first-order valence-electron chi connectivity index (χ1n) is 8.71. The predicted molar refractivity (Wildman–Crippen MR) is 92.8 cm³/mol. The van der Waals surface area contributed by atoms with Crippen LogP contribution in [0.5, 0.6) is 0 Å². The summed E-state index contributed by atoms with van der Waals surface area (Å²) in [5.41, 5.74) is 0.773. The zero-order valence-electron chi connectivity index (χ0n) is 14.5. The highest BCUT2D eigenvalue weighted by molar-refractivity contribution is 5.95. The van der Waals surface area contributed by atoms with Crippen LogP contribution in [-0.4, -0.2) is 67.0 Å². The number of likely N-dealkylation sites (tertiary alicyclic amines) is 1. The van der Waals surface area contributed by atoms with Gasteiger partial charge in [0.25, 0.3) is 5.91 Å². The van der Waals surface area contributed by atoms with Crippen molar-refractivity contribution in [1.29, 1.82) is 0 Å². The van der Waals surface area contributed by atoms with Gasteiger partial charge in [0.2, 0.25) is 0 Å². The number of piperazine rings is 1. The van der Waals surface area contributed by atoms with Crippen molar-refractivity contribution in [2.45, 2.75) is 20.3 Å². The molecular weight excluding hydrogens is 288 g/mol. The summed E-state index contributed by atoms with van der Waals surface area (Å²) in [6, 6.07) is 3.82. The van der Waals surface area contributed by atoms with Gasteiger partial charge in [0.1, 0.15) is 5.82 Å². The van der Waals surface area contributed by atoms with Crippen molar-refractivity contribution in [2.75, 3.05) is 51.2 Å². The SMILES string of the molecule is CC1CC(C)CN(C(=O)c2ccnc(N3CCN(C)CC3)c2)C1. The molecule has 1 aromatic rings. The van der Waals surface area contributed by atoms with Gasteiger partial charge in [0, 0.05) is 51.0 Å². The monoisotopic (exact) mass is 316 g/mol. The van der Waals surface area contributed by atoms with Crippen molar-refractivity contribution in [2.24, 2.45) is 11.8 Å². The fourth-order valence-corrected chi connectivity index (χ4v) is 3.77. The molecule has 1 aromatic heterocycles. The van der Waals surface area contributed by atoms with E-state index in [9.17, 15) is 4.79 Å². The van der Waals surface area contributed by atoms with Crippen LogP contribution in [0, 0.1) is 11.8 Å². The summed E-state index contributed by atoms with van der Waals surface area (Å²) in [5.74, 6) is 2.26. The number of aromatic nitrogens is 1. The number of carbonyl (C=O) groups excluding carboxylic acids is 1. The molecule has 2 saturated heterocycles. The van der Waals surface area contributed by atoms with E-state index in [4.69, 9.17) is 0 Å². The van der Waals surface area contributed by atoms with Crippen molar-refractivity contribution < 1.29 is 4.79 Å². The molecule has 0 aromatic carbocycles. The second-order valence-electron chi connectivity index (χ2n) is 7.35. The lowest BCUT2D eigenvalue weighted by molar-refractivity contribution is 0.0623. The molecular formula is C18H28N4O. The third-order valence-corrected chi connectivity index (χ3v) is 4.98. The van der Waals surface area contributed by atoms with Crippen molar-refractivity contribution in [1.82, 2.24) is 14.8 Å². The number of pyridine rings is 1. The van der Waals surface area contributed by atoms with E-state index in [1.165, 1.54) is 6.42 Å². The predicted octanol–water partition coefficient (Wildman–Crippen LogP) is 1.95. The number of piperidine rings is 1. The van der Waals surface area contributed by atoms with Crippen LogP contribution in [0.2, 0.25) is 0 Å². The van der Waals surface area contributed by atoms with Gasteiger partial charge in [0.15, 0.2) is 0 Å². The second-order valence-corrected chi connectivity index (χ2v) is 7.35. The van der Waals surface area contributed by atoms with Crippen LogP contribution < -0.4 is 4.90 Å². The minimum atomic E-state index is 0.154. The molecule has 0 saturated carbocycles. The molecule has 0 spiro atoms. The lowest BCUT2D eigenvalue weighted by Crippen LogP contribution is -2.45. The molecule has 2 fully saturated rings. The van der Waals surface area contributed by atoms with Gasteiger partial charge < -0.3 is 14.7 Å². The van der Waals surface area contributed by atoms with E-state index in [2.05, 4.69) is 35.7 Å². The molecule has 3 rings (SSSR count). The van der Waals surface area contributed by atoms with Crippen LogP contribution in [0.25, 0.3) is 0 Å². The Kier molecular flexibility index (Phi) is 4.85. The molecule has 5 nitrogen and oxygen atoms in total. The quantitative estimate of drug-likeness (QED) is 0.836. The van der Waals surface area contributed by atoms with E-state index in [0.717, 1.165) is 50.6 Å². The zero-order valence-corrected chi connectivity index (χ0v) is 14.5. The number of nitrogens with zero attached hydrogens (tertiary/aromatic N) is 4. The molecule has 0 N–H and O–H groups in total. The van der Waals surface area contributed by atoms with E-state index in [1.807, 2.05) is 17.0 Å². The van der Waals surface area contributed by atoms with Crippen LogP contribution in [0.3, 0.4) is 0 Å². The number of carbonyl (C=O) groups is 1. The normalized spacial score (nSPS) is 26.4. The molecule has 5 heteroatoms. The topological polar surface area (TPSA) is 39.7 Å². The fraction of sp³-hybridized carbons (Fsp3) is 0.667. The molecule has 23 heavy (non-hydrogen) atoms. The number of rotatable bonds is 2. The summed E-state index contributed by atoms with van der Waals surface area (Å²) in [5, 5.41) is 0. The van der Waals surface area contributed by atoms with E-state index in [0.29, 0.717) is 11.8 Å². The molecule has 0 aliphatic carbocycles. The minimum Gasteiger partial charge on any atom is -0.354 e. The van der Waals surface area contributed by atoms with Gasteiger partial charge in [-0.3, -0.25) is 4.79 Å². The first-order valence-corrected chi connectivity index (χ1v) is 8.71. The highest BCUT2D eigenvalue weighted by Crippen LogP contribution is 2.23. The molecule has 0 radical (unpaired) electrons. The highest BCUT2D eigenvalue weighted by Gasteiger charge is 2.26. The smallest absolute Gasteiger partial charge is 0.254 e. The molecule has 2 atom stereocenters. The van der Waals surface area contributed by atoms with Crippen molar-refractivity contribution in [3.8, 4) is 0 Å². The number of amides is 1. The van der Waals surface area contributed by atoms with Crippen LogP contribution in [0.15, 0.2) is 18.3 Å². The van der Waals surface area contributed by atoms with Gasteiger partial charge in [0.05, 0.1) is 0 Å². The Morgan fingerprint density at radius 3 is 2.43 bits per heavy atom. The maximum atomic E-state index is 12.8. The fourth-order valence-electron chi connectivity index (χ4n) is 3.77. The van der Waals surface area contributed by atoms with Gasteiger partial charge >= 0.3 is 0 Å². The molecule has 2 unspecified atom stereocenters. The Hall–Kier alpha value is -1.62. The highest BCUT2D eigenvalue weighted by atomic mass is 16.2. The van der Waals surface area contributed by atoms with Crippen molar-refractivity contribution in [3.05, 3.63) is 23.9 Å². The molecule has 126 valence electrons. The van der Waals surface area contributed by atoms with E-state index >= 15 is 0 Å². The Bertz CT molecular complexity index is 544. The lowest BCUT2D eigenvalue weighted by Gasteiger charge is -2.35. The van der Waals surface area contributed by atoms with E-state index in [-0.39, 0.29) is 5.91 Å². The van der Waals surface area contributed by atoms with Gasteiger partial charge in [-0.2, -0.15) is 0 Å². The minimum absolute atomic E-state index is 0.154. The third-order valence-electron chi connectivity index (χ3n) is 4.98. The molecule has 2 aliphatic rings. The second kappa shape index (κ2) is 6.87. The first kappa shape index (κ1) is 16.2. The maximum absolute atomic E-state index is 12.8. The summed E-state index contributed by atoms with van der Waals surface area (Å²) in [4.78, 5) is 23.9. The van der Waals surface area contributed by atoms with Gasteiger partial charge in [-0.15, -0.1) is 0 Å². The van der Waals surface area contributed by atoms with Crippen molar-refractivity contribution >= 4 is 11.7 Å². The molecule has 1 amide bonds. The molecule has 2 aliphatic heterocycles. The van der Waals surface area contributed by atoms with Crippen LogP contribution >= 0.6 is 0 Å². The van der Waals surface area contributed by atoms with E-state index < -0.39 is 0 Å². The average Bonchev–Trinajstić information content (AvgIpc) is 2.54. The Morgan fingerprint density at radius 2 is 1.78 bits per heavy atom. The Morgan fingerprint density at radius 1 is 1.13 bits per heavy atom. The van der Waals surface area contributed by atoms with Gasteiger partial charge in [-0.05, 0) is 37.4 Å². The molecule has 3 heterocycles. The Labute approximate surface area is 139 Å². The number of anilines is 1. The van der Waals surface area contributed by atoms with Crippen LogP contribution in [-0.2, 0) is 0 Å². The van der Waals surface area contributed by atoms with Crippen molar-refractivity contribution in [3.63, 3.8) is 0 Å². The average molecular weight is 316 g/mol. The largest absolute Gasteiger partial charge is 0.354 e. The standard InChI is InChI=1S/C18H28N4O/c1-14-10-15(2)13-22(12-14)18(23)16-4-5-19-17(11-16)21-8-6-20(3)7-9-21/h4-5,11,14-15H,6-10,12-13H2,1-3H3. The van der Waals surface area contributed by atoms with Crippen LogP contribution in [0.4, 0.5) is 5.82 Å². The van der Waals surface area contributed by atoms with Crippen LogP contribution in [0.1, 0.15) is 30.6 Å². The summed E-state index contributed by atoms with van der Waals surface area (Å²) < 4.78 is 0. The summed E-state index contributed by atoms with van der Waals surface area (Å²) in [6.07, 6.45) is 2.99. The van der Waals surface area contributed by atoms with E-state index in [1.54, 1.807) is 6.20 Å². The maximum Gasteiger partial charge on any atom is 0.254 e. The number of hydrogen-bond acceptors (Lipinski definition) is 4. The Balaban J connectivity index is 1.72. The zero-order chi connectivity index (χ0) is 16.4. The lowest BCUT2D eigenvalue weighted by atomic mass is 9.91. The summed E-state index contributed by atoms with van der Waals surface area (Å²) in [6.45, 7) is 10.2. The number of hydrogen-bond donors (Lipinski definition) is 0. The number of likely N-dealkylation sites (N-methyl/N-ethyl adjacent to an activating group) is 1. The third kappa shape index (κ3) is 3.83. The van der Waals surface area contributed by atoms with Gasteiger partial charge in [-0.1, -0.05) is 13.8 Å².